The molecule has 0 saturated carbocycles. The van der Waals surface area contributed by atoms with Gasteiger partial charge in [-0.1, -0.05) is 30.3 Å². The van der Waals surface area contributed by atoms with Crippen LogP contribution < -0.4 is 21.1 Å². The molecular formula is C20H26N4O3. The lowest BCUT2D eigenvalue weighted by atomic mass is 10.1. The summed E-state index contributed by atoms with van der Waals surface area (Å²) in [5.74, 6) is 0.303. The number of carbonyl (C=O) groups is 1. The first-order valence-electron chi connectivity index (χ1n) is 8.79. The summed E-state index contributed by atoms with van der Waals surface area (Å²) >= 11 is 0. The standard InChI is InChI=1S/C20H26N4O3/c1-22-19(20(26)24-10-9-23-11-12-25)17-13-16(7-8-18(17)21)27-14-15-5-3-2-4-6-15/h2-8,13,23,25H,9-12,14,21H2,1H3,(H,24,26). The molecule has 0 aromatic heterocycles. The second kappa shape index (κ2) is 10.9. The van der Waals surface area contributed by atoms with Crippen molar-refractivity contribution in [3.63, 3.8) is 0 Å². The predicted molar refractivity (Wildman–Crippen MR) is 107 cm³/mol. The zero-order chi connectivity index (χ0) is 19.5. The number of carbonyl (C=O) groups excluding carboxylic acids is 1. The van der Waals surface area contributed by atoms with Gasteiger partial charge in [-0.2, -0.15) is 0 Å². The lowest BCUT2D eigenvalue weighted by Crippen LogP contribution is -2.37. The third kappa shape index (κ3) is 6.40. The summed E-state index contributed by atoms with van der Waals surface area (Å²) in [6, 6.07) is 15.0. The summed E-state index contributed by atoms with van der Waals surface area (Å²) in [5, 5.41) is 14.5. The summed E-state index contributed by atoms with van der Waals surface area (Å²) in [6.07, 6.45) is 0. The van der Waals surface area contributed by atoms with Gasteiger partial charge in [-0.3, -0.25) is 9.79 Å². The van der Waals surface area contributed by atoms with Crippen LogP contribution in [-0.2, 0) is 11.4 Å². The van der Waals surface area contributed by atoms with E-state index in [9.17, 15) is 4.79 Å². The van der Waals surface area contributed by atoms with E-state index in [4.69, 9.17) is 15.6 Å². The maximum Gasteiger partial charge on any atom is 0.270 e. The van der Waals surface area contributed by atoms with Gasteiger partial charge in [0.25, 0.3) is 5.91 Å². The maximum atomic E-state index is 12.4. The number of nitrogens with zero attached hydrogens (tertiary/aromatic N) is 1. The normalized spacial score (nSPS) is 11.3. The minimum Gasteiger partial charge on any atom is -0.489 e. The number of nitrogens with one attached hydrogen (secondary N) is 2. The summed E-state index contributed by atoms with van der Waals surface area (Å²) in [5.41, 5.74) is 8.33. The Kier molecular flexibility index (Phi) is 8.28. The molecule has 0 fully saturated rings. The van der Waals surface area contributed by atoms with Gasteiger partial charge in [0.15, 0.2) is 0 Å². The van der Waals surface area contributed by atoms with Crippen molar-refractivity contribution in [2.24, 2.45) is 4.99 Å². The molecule has 7 nitrogen and oxygen atoms in total. The number of nitrogen functional groups attached to an aromatic ring is 1. The van der Waals surface area contributed by atoms with Crippen LogP contribution in [0.1, 0.15) is 11.1 Å². The second-order valence-corrected chi connectivity index (χ2v) is 5.83. The van der Waals surface area contributed by atoms with Crippen LogP contribution >= 0.6 is 0 Å². The fourth-order valence-corrected chi connectivity index (χ4v) is 2.47. The van der Waals surface area contributed by atoms with E-state index in [-0.39, 0.29) is 18.2 Å². The van der Waals surface area contributed by atoms with Gasteiger partial charge in [0.05, 0.1) is 6.61 Å². The molecule has 0 aliphatic carbocycles. The molecule has 27 heavy (non-hydrogen) atoms. The molecular weight excluding hydrogens is 344 g/mol. The maximum absolute atomic E-state index is 12.4. The molecule has 0 unspecified atom stereocenters. The lowest BCUT2D eigenvalue weighted by molar-refractivity contribution is -0.114. The molecule has 0 spiro atoms. The minimum atomic E-state index is -0.310. The highest BCUT2D eigenvalue weighted by atomic mass is 16.5. The van der Waals surface area contributed by atoms with E-state index in [1.165, 1.54) is 0 Å². The fraction of sp³-hybridized carbons (Fsp3) is 0.300. The molecule has 0 radical (unpaired) electrons. The highest BCUT2D eigenvalue weighted by Gasteiger charge is 2.16. The van der Waals surface area contributed by atoms with Crippen LogP contribution in [0.25, 0.3) is 0 Å². The predicted octanol–water partition coefficient (Wildman–Crippen LogP) is 0.965. The highest BCUT2D eigenvalue weighted by molar-refractivity contribution is 6.46. The van der Waals surface area contributed by atoms with E-state index in [0.717, 1.165) is 5.56 Å². The Morgan fingerprint density at radius 3 is 2.63 bits per heavy atom. The number of ether oxygens (including phenoxy) is 1. The molecule has 2 aromatic carbocycles. The van der Waals surface area contributed by atoms with Gasteiger partial charge in [0.1, 0.15) is 18.1 Å². The van der Waals surface area contributed by atoms with Gasteiger partial charge >= 0.3 is 0 Å². The number of anilines is 1. The van der Waals surface area contributed by atoms with Gasteiger partial charge in [-0.25, -0.2) is 0 Å². The average Bonchev–Trinajstić information content (AvgIpc) is 2.69. The van der Waals surface area contributed by atoms with E-state index in [0.29, 0.717) is 43.2 Å². The van der Waals surface area contributed by atoms with E-state index in [1.54, 1.807) is 25.2 Å². The first-order chi connectivity index (χ1) is 13.2. The summed E-state index contributed by atoms with van der Waals surface area (Å²) in [6.45, 7) is 1.94. The summed E-state index contributed by atoms with van der Waals surface area (Å²) < 4.78 is 5.81. The zero-order valence-corrected chi connectivity index (χ0v) is 15.4. The minimum absolute atomic E-state index is 0.0575. The molecule has 2 aromatic rings. The molecule has 7 heteroatoms. The number of hydrogen-bond donors (Lipinski definition) is 4. The van der Waals surface area contributed by atoms with Crippen molar-refractivity contribution in [1.29, 1.82) is 0 Å². The van der Waals surface area contributed by atoms with Crippen LogP contribution in [0.2, 0.25) is 0 Å². The number of aliphatic hydroxyl groups excluding tert-OH is 1. The van der Waals surface area contributed by atoms with Crippen LogP contribution in [0, 0.1) is 0 Å². The second-order valence-electron chi connectivity index (χ2n) is 5.83. The van der Waals surface area contributed by atoms with E-state index < -0.39 is 0 Å². The van der Waals surface area contributed by atoms with E-state index in [2.05, 4.69) is 15.6 Å². The average molecular weight is 370 g/mol. The van der Waals surface area contributed by atoms with Crippen molar-refractivity contribution in [1.82, 2.24) is 10.6 Å². The monoisotopic (exact) mass is 370 g/mol. The van der Waals surface area contributed by atoms with Crippen LogP contribution in [-0.4, -0.2) is 50.0 Å². The van der Waals surface area contributed by atoms with E-state index >= 15 is 0 Å². The van der Waals surface area contributed by atoms with Crippen molar-refractivity contribution in [3.8, 4) is 5.75 Å². The number of amides is 1. The molecule has 0 heterocycles. The third-order valence-electron chi connectivity index (χ3n) is 3.84. The molecule has 0 saturated heterocycles. The SMILES string of the molecule is CN=C(C(=O)NCCNCCO)c1cc(OCc2ccccc2)ccc1N. The van der Waals surface area contributed by atoms with Crippen molar-refractivity contribution in [2.45, 2.75) is 6.61 Å². The van der Waals surface area contributed by atoms with Crippen LogP contribution in [0.3, 0.4) is 0 Å². The fourth-order valence-electron chi connectivity index (χ4n) is 2.47. The first-order valence-corrected chi connectivity index (χ1v) is 8.79. The molecule has 0 bridgehead atoms. The van der Waals surface area contributed by atoms with Gasteiger partial charge in [0.2, 0.25) is 0 Å². The Bertz CT molecular complexity index is 763. The Morgan fingerprint density at radius 2 is 1.93 bits per heavy atom. The summed E-state index contributed by atoms with van der Waals surface area (Å²) in [4.78, 5) is 16.5. The highest BCUT2D eigenvalue weighted by Crippen LogP contribution is 2.22. The Balaban J connectivity index is 2.02. The topological polar surface area (TPSA) is 109 Å². The van der Waals surface area contributed by atoms with Gasteiger partial charge in [-0.05, 0) is 23.8 Å². The molecule has 0 aliphatic rings. The Labute approximate surface area is 159 Å². The van der Waals surface area contributed by atoms with E-state index in [1.807, 2.05) is 30.3 Å². The first kappa shape index (κ1) is 20.4. The Morgan fingerprint density at radius 1 is 1.15 bits per heavy atom. The van der Waals surface area contributed by atoms with Gasteiger partial charge in [0, 0.05) is 37.9 Å². The van der Waals surface area contributed by atoms with Crippen molar-refractivity contribution in [3.05, 3.63) is 59.7 Å². The number of nitrogens with two attached hydrogens (primary N) is 1. The smallest absolute Gasteiger partial charge is 0.270 e. The molecule has 144 valence electrons. The number of hydrogen-bond acceptors (Lipinski definition) is 6. The number of aliphatic hydroxyl groups is 1. The molecule has 0 atom stereocenters. The zero-order valence-electron chi connectivity index (χ0n) is 15.4. The molecule has 5 N–H and O–H groups in total. The van der Waals surface area contributed by atoms with Crippen molar-refractivity contribution < 1.29 is 14.6 Å². The van der Waals surface area contributed by atoms with Crippen molar-refractivity contribution >= 4 is 17.3 Å². The van der Waals surface area contributed by atoms with Crippen molar-refractivity contribution in [2.75, 3.05) is 39.0 Å². The number of aliphatic imine (C=N–C) groups is 1. The lowest BCUT2D eigenvalue weighted by Gasteiger charge is -2.13. The largest absolute Gasteiger partial charge is 0.489 e. The summed E-state index contributed by atoms with van der Waals surface area (Å²) in [7, 11) is 1.55. The van der Waals surface area contributed by atoms with Crippen LogP contribution in [0.4, 0.5) is 5.69 Å². The molecule has 1 amide bonds. The molecule has 2 rings (SSSR count). The van der Waals surface area contributed by atoms with Crippen LogP contribution in [0.15, 0.2) is 53.5 Å². The quantitative estimate of drug-likeness (QED) is 0.283. The Hall–Kier alpha value is -2.90. The van der Waals surface area contributed by atoms with Gasteiger partial charge < -0.3 is 26.2 Å². The van der Waals surface area contributed by atoms with Gasteiger partial charge in [-0.15, -0.1) is 0 Å². The number of rotatable bonds is 10. The number of benzene rings is 2. The molecule has 0 aliphatic heterocycles. The van der Waals surface area contributed by atoms with Crippen LogP contribution in [0.5, 0.6) is 5.75 Å². The third-order valence-corrected chi connectivity index (χ3v) is 3.84.